The van der Waals surface area contributed by atoms with Crippen LogP contribution in [-0.2, 0) is 28.7 Å². The van der Waals surface area contributed by atoms with Crippen LogP contribution in [0, 0.1) is 17.8 Å². The Hall–Kier alpha value is -2.72. The summed E-state index contributed by atoms with van der Waals surface area (Å²) in [7, 11) is 0. The van der Waals surface area contributed by atoms with Crippen LogP contribution in [0.5, 0.6) is 0 Å². The first kappa shape index (κ1) is 29.8. The highest BCUT2D eigenvalue weighted by molar-refractivity contribution is 5.99. The van der Waals surface area contributed by atoms with E-state index in [1.165, 1.54) is 0 Å². The Morgan fingerprint density at radius 3 is 2.59 bits per heavy atom. The lowest BCUT2D eigenvalue weighted by Gasteiger charge is -2.42. The Labute approximate surface area is 242 Å². The summed E-state index contributed by atoms with van der Waals surface area (Å²) in [5.74, 6) is -3.30. The first-order valence-corrected chi connectivity index (χ1v) is 15.5. The molecule has 0 unspecified atom stereocenters. The maximum absolute atomic E-state index is 14.6. The quantitative estimate of drug-likeness (QED) is 0.382. The molecule has 1 saturated carbocycles. The van der Waals surface area contributed by atoms with E-state index < -0.39 is 47.7 Å². The SMILES string of the molecule is CC[C@H](C)[C@H](CO)N1C(=O)[C@H]2[C@@H]3C(=O)O[C@@H](C)CNC(=O)CC/C=C\[C@@H]3O[C@]23C=CCN(C2CCCCC2)C(=O)[C@H]13. The van der Waals surface area contributed by atoms with Gasteiger partial charge in [-0.25, -0.2) is 0 Å². The second kappa shape index (κ2) is 12.3. The van der Waals surface area contributed by atoms with E-state index >= 15 is 0 Å². The highest BCUT2D eigenvalue weighted by Gasteiger charge is 2.72. The number of esters is 1. The molecule has 0 bridgehead atoms. The van der Waals surface area contributed by atoms with Crippen LogP contribution in [0.15, 0.2) is 24.3 Å². The molecule has 10 heteroatoms. The number of fused-ring (bicyclic) bond motifs is 2. The summed E-state index contributed by atoms with van der Waals surface area (Å²) >= 11 is 0. The number of allylic oxidation sites excluding steroid dienone is 1. The predicted molar refractivity (Wildman–Crippen MR) is 150 cm³/mol. The second-order valence-electron chi connectivity index (χ2n) is 12.4. The average Bonchev–Trinajstić information content (AvgIpc) is 3.35. The van der Waals surface area contributed by atoms with Gasteiger partial charge in [0, 0.05) is 19.0 Å². The maximum Gasteiger partial charge on any atom is 0.313 e. The van der Waals surface area contributed by atoms with Crippen LogP contribution in [0.1, 0.15) is 72.1 Å². The van der Waals surface area contributed by atoms with Gasteiger partial charge in [-0.3, -0.25) is 19.2 Å². The zero-order chi connectivity index (χ0) is 29.3. The Morgan fingerprint density at radius 1 is 1.12 bits per heavy atom. The molecule has 1 aliphatic carbocycles. The molecule has 8 atom stereocenters. The largest absolute Gasteiger partial charge is 0.460 e. The Kier molecular flexibility index (Phi) is 8.90. The van der Waals surface area contributed by atoms with Gasteiger partial charge in [0.2, 0.25) is 17.7 Å². The number of hydrogen-bond donors (Lipinski definition) is 2. The molecule has 2 N–H and O–H groups in total. The van der Waals surface area contributed by atoms with E-state index in [0.717, 1.165) is 32.1 Å². The molecule has 0 aromatic heterocycles. The Balaban J connectivity index is 1.60. The van der Waals surface area contributed by atoms with Crippen molar-refractivity contribution in [3.63, 3.8) is 0 Å². The monoisotopic (exact) mass is 571 g/mol. The molecular formula is C31H45N3O7. The van der Waals surface area contributed by atoms with Gasteiger partial charge in [0.15, 0.2) is 0 Å². The molecule has 5 aliphatic rings. The van der Waals surface area contributed by atoms with Gasteiger partial charge in [0.05, 0.1) is 31.2 Å². The first-order chi connectivity index (χ1) is 19.7. The number of nitrogens with one attached hydrogen (secondary N) is 1. The van der Waals surface area contributed by atoms with Gasteiger partial charge in [-0.15, -0.1) is 0 Å². The van der Waals surface area contributed by atoms with E-state index in [9.17, 15) is 24.3 Å². The van der Waals surface area contributed by atoms with Crippen LogP contribution >= 0.6 is 0 Å². The number of nitrogens with zero attached hydrogens (tertiary/aromatic N) is 2. The third-order valence-corrected chi connectivity index (χ3v) is 9.86. The van der Waals surface area contributed by atoms with Gasteiger partial charge in [-0.05, 0) is 32.1 Å². The van der Waals surface area contributed by atoms with Gasteiger partial charge in [-0.1, -0.05) is 63.8 Å². The summed E-state index contributed by atoms with van der Waals surface area (Å²) < 4.78 is 12.5. The van der Waals surface area contributed by atoms with Gasteiger partial charge in [-0.2, -0.15) is 0 Å². The smallest absolute Gasteiger partial charge is 0.313 e. The fourth-order valence-electron chi connectivity index (χ4n) is 7.51. The highest BCUT2D eigenvalue weighted by Crippen LogP contribution is 2.54. The predicted octanol–water partition coefficient (Wildman–Crippen LogP) is 2.10. The van der Waals surface area contributed by atoms with E-state index in [4.69, 9.17) is 9.47 Å². The van der Waals surface area contributed by atoms with Crippen molar-refractivity contribution in [3.05, 3.63) is 24.3 Å². The van der Waals surface area contributed by atoms with E-state index in [1.54, 1.807) is 24.0 Å². The van der Waals surface area contributed by atoms with Gasteiger partial charge in [0.1, 0.15) is 23.7 Å². The number of aliphatic hydroxyl groups excluding tert-OH is 1. The number of ether oxygens (including phenoxy) is 2. The lowest BCUT2D eigenvalue weighted by Crippen LogP contribution is -2.60. The van der Waals surface area contributed by atoms with Crippen molar-refractivity contribution in [1.29, 1.82) is 0 Å². The van der Waals surface area contributed by atoms with Crippen molar-refractivity contribution in [1.82, 2.24) is 15.1 Å². The minimum atomic E-state index is -1.38. The summed E-state index contributed by atoms with van der Waals surface area (Å²) in [5, 5.41) is 13.3. The molecule has 0 aromatic rings. The molecule has 10 nitrogen and oxygen atoms in total. The number of hydrogen-bond acceptors (Lipinski definition) is 7. The van der Waals surface area contributed by atoms with Crippen LogP contribution in [0.3, 0.4) is 0 Å². The normalized spacial score (nSPS) is 37.1. The topological polar surface area (TPSA) is 125 Å². The van der Waals surface area contributed by atoms with Crippen molar-refractivity contribution >= 4 is 23.7 Å². The van der Waals surface area contributed by atoms with Gasteiger partial charge < -0.3 is 29.7 Å². The third kappa shape index (κ3) is 5.33. The van der Waals surface area contributed by atoms with Gasteiger partial charge in [0.25, 0.3) is 0 Å². The standard InChI is InChI=1S/C31H45N3O7/c1-4-19(2)22(18-35)34-27-29(38)33(21-11-6-5-7-12-21)16-10-15-31(27)26(28(34)37)25-23(41-31)13-8-9-14-24(36)32-17-20(3)40-30(25)39/h8,10,13,15,19-23,25-27,35H,4-7,9,11-12,14,16-18H2,1-3H3,(H,32,36)/b13-8-/t19-,20-,22-,23-,25+,26+,27-,31+/m0/s1. The number of aliphatic hydroxyl groups is 1. The van der Waals surface area contributed by atoms with Crippen LogP contribution in [0.4, 0.5) is 0 Å². The van der Waals surface area contributed by atoms with E-state index in [1.807, 2.05) is 30.9 Å². The molecule has 0 aromatic carbocycles. The number of likely N-dealkylation sites (tertiary alicyclic amines) is 1. The average molecular weight is 572 g/mol. The van der Waals surface area contributed by atoms with E-state index in [0.29, 0.717) is 19.4 Å². The minimum absolute atomic E-state index is 0.0774. The molecule has 2 saturated heterocycles. The van der Waals surface area contributed by atoms with Crippen molar-refractivity contribution in [2.45, 2.75) is 108 Å². The third-order valence-electron chi connectivity index (χ3n) is 9.86. The molecule has 226 valence electrons. The molecule has 4 aliphatic heterocycles. The van der Waals surface area contributed by atoms with Crippen LogP contribution in [0.2, 0.25) is 0 Å². The van der Waals surface area contributed by atoms with Crippen LogP contribution in [0.25, 0.3) is 0 Å². The summed E-state index contributed by atoms with van der Waals surface area (Å²) in [5.41, 5.74) is -1.38. The molecule has 3 fully saturated rings. The highest BCUT2D eigenvalue weighted by atomic mass is 16.6. The fourth-order valence-corrected chi connectivity index (χ4v) is 7.51. The van der Waals surface area contributed by atoms with Gasteiger partial charge >= 0.3 is 5.97 Å². The molecule has 1 spiro atoms. The number of amides is 3. The fraction of sp³-hybridized carbons (Fsp3) is 0.742. The van der Waals surface area contributed by atoms with E-state index in [2.05, 4.69) is 5.32 Å². The lowest BCUT2D eigenvalue weighted by atomic mass is 9.77. The molecule has 41 heavy (non-hydrogen) atoms. The molecule has 3 amide bonds. The zero-order valence-corrected chi connectivity index (χ0v) is 24.5. The Morgan fingerprint density at radius 2 is 1.88 bits per heavy atom. The number of cyclic esters (lactones) is 1. The van der Waals surface area contributed by atoms with Crippen LogP contribution < -0.4 is 5.32 Å². The lowest BCUT2D eigenvalue weighted by molar-refractivity contribution is -0.160. The number of carbonyl (C=O) groups excluding carboxylic acids is 4. The summed E-state index contributed by atoms with van der Waals surface area (Å²) in [6, 6.07) is -1.52. The summed E-state index contributed by atoms with van der Waals surface area (Å²) in [6.07, 6.45) is 12.4. The Bertz CT molecular complexity index is 1090. The van der Waals surface area contributed by atoms with Crippen molar-refractivity contribution in [2.24, 2.45) is 17.8 Å². The number of carbonyl (C=O) groups is 4. The first-order valence-electron chi connectivity index (χ1n) is 15.5. The van der Waals surface area contributed by atoms with Crippen molar-refractivity contribution in [3.8, 4) is 0 Å². The van der Waals surface area contributed by atoms with Crippen molar-refractivity contribution < 1.29 is 33.8 Å². The zero-order valence-electron chi connectivity index (χ0n) is 24.5. The van der Waals surface area contributed by atoms with E-state index in [-0.39, 0.29) is 49.3 Å². The maximum atomic E-state index is 14.6. The second-order valence-corrected chi connectivity index (χ2v) is 12.4. The summed E-state index contributed by atoms with van der Waals surface area (Å²) in [6.45, 7) is 5.95. The minimum Gasteiger partial charge on any atom is -0.460 e. The van der Waals surface area contributed by atoms with Crippen LogP contribution in [-0.4, -0.2) is 94.2 Å². The van der Waals surface area contributed by atoms with Crippen molar-refractivity contribution in [2.75, 3.05) is 19.7 Å². The molecular weight excluding hydrogens is 526 g/mol. The number of rotatable bonds is 5. The summed E-state index contributed by atoms with van der Waals surface area (Å²) in [4.78, 5) is 58.6. The molecule has 5 rings (SSSR count). The molecule has 0 radical (unpaired) electrons. The molecule has 4 heterocycles.